The van der Waals surface area contributed by atoms with E-state index in [0.29, 0.717) is 5.56 Å². The summed E-state index contributed by atoms with van der Waals surface area (Å²) in [6.07, 6.45) is -4.76. The van der Waals surface area contributed by atoms with E-state index in [2.05, 4.69) is 9.97 Å². The number of carbonyl (C=O) groups excluding carboxylic acids is 1. The van der Waals surface area contributed by atoms with Gasteiger partial charge in [-0.15, -0.1) is 0 Å². The van der Waals surface area contributed by atoms with Crippen molar-refractivity contribution < 1.29 is 35.2 Å². The molecule has 0 bridgehead atoms. The first-order chi connectivity index (χ1) is 17.9. The summed E-state index contributed by atoms with van der Waals surface area (Å²) in [4.78, 5) is 20.2. The summed E-state index contributed by atoms with van der Waals surface area (Å²) >= 11 is 0. The van der Waals surface area contributed by atoms with Crippen LogP contribution in [0.5, 0.6) is 0 Å². The second-order valence-corrected chi connectivity index (χ2v) is 10.4. The van der Waals surface area contributed by atoms with Gasteiger partial charge in [0.05, 0.1) is 16.2 Å². The minimum atomic E-state index is -4.62. The van der Waals surface area contributed by atoms with E-state index in [9.17, 15) is 40.4 Å². The molecule has 13 heteroatoms. The van der Waals surface area contributed by atoms with Gasteiger partial charge >= 0.3 is 6.18 Å². The number of benzene rings is 1. The molecular weight excluding hydrogens is 531 g/mol. The summed E-state index contributed by atoms with van der Waals surface area (Å²) in [6.45, 7) is -0.235. The van der Waals surface area contributed by atoms with Crippen LogP contribution in [-0.2, 0) is 27.4 Å². The SMILES string of the molecule is N#Cc1cnc(-c2ccc(C(F)(F)F)nc2)cc1CCC(=O)[C@@H]1[C@@H](F)CCN1S(=O)(=O)c1ccc(F)cc1. The molecule has 1 aliphatic rings. The maximum absolute atomic E-state index is 14.7. The van der Waals surface area contributed by atoms with Gasteiger partial charge in [-0.05, 0) is 60.9 Å². The first-order valence-corrected chi connectivity index (χ1v) is 12.7. The smallest absolute Gasteiger partial charge is 0.298 e. The second kappa shape index (κ2) is 10.5. The molecule has 0 aliphatic carbocycles. The van der Waals surface area contributed by atoms with Crippen LogP contribution in [0.2, 0.25) is 0 Å². The van der Waals surface area contributed by atoms with Crippen LogP contribution in [0.25, 0.3) is 11.3 Å². The Labute approximate surface area is 214 Å². The number of aryl methyl sites for hydroxylation is 1. The van der Waals surface area contributed by atoms with E-state index >= 15 is 0 Å². The van der Waals surface area contributed by atoms with Gasteiger partial charge in [-0.3, -0.25) is 14.8 Å². The van der Waals surface area contributed by atoms with Crippen molar-refractivity contribution in [2.75, 3.05) is 6.54 Å². The Morgan fingerprint density at radius 3 is 2.42 bits per heavy atom. The largest absolute Gasteiger partial charge is 0.433 e. The third kappa shape index (κ3) is 5.56. The maximum Gasteiger partial charge on any atom is 0.433 e. The zero-order valence-corrected chi connectivity index (χ0v) is 20.3. The number of halogens is 5. The molecule has 3 heterocycles. The number of nitrogens with zero attached hydrogens (tertiary/aromatic N) is 4. The summed E-state index contributed by atoms with van der Waals surface area (Å²) < 4.78 is 93.2. The molecule has 7 nitrogen and oxygen atoms in total. The maximum atomic E-state index is 14.7. The highest BCUT2D eigenvalue weighted by molar-refractivity contribution is 7.89. The predicted octanol–water partition coefficient (Wildman–Crippen LogP) is 4.48. The number of carbonyl (C=O) groups is 1. The van der Waals surface area contributed by atoms with Crippen molar-refractivity contribution in [3.05, 3.63) is 77.5 Å². The minimum absolute atomic E-state index is 0.0705. The number of hydrogen-bond acceptors (Lipinski definition) is 6. The number of aromatic nitrogens is 2. The average Bonchev–Trinajstić information content (AvgIpc) is 3.29. The van der Waals surface area contributed by atoms with Gasteiger partial charge in [-0.25, -0.2) is 17.2 Å². The van der Waals surface area contributed by atoms with Crippen LogP contribution in [0.1, 0.15) is 29.7 Å². The molecule has 0 saturated carbocycles. The van der Waals surface area contributed by atoms with Crippen LogP contribution in [0.4, 0.5) is 22.0 Å². The molecule has 3 aromatic rings. The average molecular weight is 551 g/mol. The Balaban J connectivity index is 1.54. The summed E-state index contributed by atoms with van der Waals surface area (Å²) in [5.74, 6) is -1.36. The lowest BCUT2D eigenvalue weighted by Crippen LogP contribution is -2.44. The van der Waals surface area contributed by atoms with E-state index in [1.165, 1.54) is 18.3 Å². The summed E-state index contributed by atoms with van der Waals surface area (Å²) in [7, 11) is -4.28. The molecular formula is C25H19F5N4O3S. The Hall–Kier alpha value is -3.76. The minimum Gasteiger partial charge on any atom is -0.298 e. The van der Waals surface area contributed by atoms with E-state index in [0.717, 1.165) is 40.8 Å². The van der Waals surface area contributed by atoms with Crippen molar-refractivity contribution in [3.63, 3.8) is 0 Å². The number of rotatable bonds is 7. The molecule has 2 aromatic heterocycles. The number of Topliss-reactive ketones (excluding diaryl/α,β-unsaturated/α-hetero) is 1. The highest BCUT2D eigenvalue weighted by atomic mass is 32.2. The van der Waals surface area contributed by atoms with Crippen LogP contribution < -0.4 is 0 Å². The van der Waals surface area contributed by atoms with Crippen LogP contribution in [0.15, 0.2) is 59.8 Å². The fraction of sp³-hybridized carbons (Fsp3) is 0.280. The highest BCUT2D eigenvalue weighted by Crippen LogP contribution is 2.31. The normalized spacial score (nSPS) is 18.3. The van der Waals surface area contributed by atoms with E-state index in [1.807, 2.05) is 6.07 Å². The molecule has 1 aromatic carbocycles. The van der Waals surface area contributed by atoms with Crippen LogP contribution in [-0.4, -0.2) is 47.2 Å². The summed E-state index contributed by atoms with van der Waals surface area (Å²) in [5.41, 5.74) is -0.214. The molecule has 0 N–H and O–H groups in total. The Bertz CT molecular complexity index is 1490. The predicted molar refractivity (Wildman–Crippen MR) is 124 cm³/mol. The van der Waals surface area contributed by atoms with Gasteiger partial charge in [0.15, 0.2) is 5.78 Å². The molecule has 0 amide bonds. The topological polar surface area (TPSA) is 104 Å². The second-order valence-electron chi connectivity index (χ2n) is 8.55. The lowest BCUT2D eigenvalue weighted by atomic mass is 9.98. The zero-order valence-electron chi connectivity index (χ0n) is 19.5. The van der Waals surface area contributed by atoms with Crippen molar-refractivity contribution in [3.8, 4) is 17.3 Å². The van der Waals surface area contributed by atoms with Crippen molar-refractivity contribution in [1.29, 1.82) is 5.26 Å². The van der Waals surface area contributed by atoms with Gasteiger partial charge in [0, 0.05) is 30.9 Å². The highest BCUT2D eigenvalue weighted by Gasteiger charge is 2.45. The molecule has 0 spiro atoms. The number of ketones is 1. The molecule has 2 atom stereocenters. The summed E-state index contributed by atoms with van der Waals surface area (Å²) in [6, 6.07) is 7.67. The van der Waals surface area contributed by atoms with Gasteiger partial charge in [-0.1, -0.05) is 0 Å². The van der Waals surface area contributed by atoms with E-state index in [-0.39, 0.29) is 47.5 Å². The van der Waals surface area contributed by atoms with E-state index in [1.54, 1.807) is 0 Å². The van der Waals surface area contributed by atoms with Crippen molar-refractivity contribution >= 4 is 15.8 Å². The molecule has 0 radical (unpaired) electrons. The first-order valence-electron chi connectivity index (χ1n) is 11.3. The third-order valence-corrected chi connectivity index (χ3v) is 8.02. The summed E-state index contributed by atoms with van der Waals surface area (Å²) in [5, 5.41) is 9.43. The van der Waals surface area contributed by atoms with Crippen molar-refractivity contribution in [2.45, 2.75) is 42.5 Å². The number of nitriles is 1. The van der Waals surface area contributed by atoms with Crippen LogP contribution >= 0.6 is 0 Å². The fourth-order valence-electron chi connectivity index (χ4n) is 4.18. The number of alkyl halides is 4. The van der Waals surface area contributed by atoms with Crippen molar-refractivity contribution in [2.24, 2.45) is 0 Å². The molecule has 0 unspecified atom stereocenters. The van der Waals surface area contributed by atoms with Crippen molar-refractivity contribution in [1.82, 2.24) is 14.3 Å². The van der Waals surface area contributed by atoms with Crippen LogP contribution in [0, 0.1) is 17.1 Å². The van der Waals surface area contributed by atoms with Gasteiger partial charge in [0.25, 0.3) is 0 Å². The van der Waals surface area contributed by atoms with E-state index in [4.69, 9.17) is 0 Å². The monoisotopic (exact) mass is 550 g/mol. The molecule has 198 valence electrons. The molecule has 4 rings (SSSR count). The lowest BCUT2D eigenvalue weighted by molar-refractivity contribution is -0.141. The van der Waals surface area contributed by atoms with E-state index < -0.39 is 45.7 Å². The molecule has 38 heavy (non-hydrogen) atoms. The van der Waals surface area contributed by atoms with Gasteiger partial charge in [0.1, 0.15) is 29.8 Å². The Morgan fingerprint density at radius 1 is 1.11 bits per heavy atom. The van der Waals surface area contributed by atoms with Gasteiger partial charge < -0.3 is 0 Å². The number of sulfonamides is 1. The van der Waals surface area contributed by atoms with Gasteiger partial charge in [0.2, 0.25) is 10.0 Å². The number of hydrogen-bond donors (Lipinski definition) is 0. The Kier molecular flexibility index (Phi) is 7.57. The van der Waals surface area contributed by atoms with Gasteiger partial charge in [-0.2, -0.15) is 22.7 Å². The van der Waals surface area contributed by atoms with Crippen LogP contribution in [0.3, 0.4) is 0 Å². The zero-order chi connectivity index (χ0) is 27.7. The fourth-order valence-corrected chi connectivity index (χ4v) is 5.83. The molecule has 1 saturated heterocycles. The first kappa shape index (κ1) is 27.3. The standard InChI is InChI=1S/C25H19F5N4O3S/c26-18-3-5-19(6-4-18)38(36,37)34-10-9-20(27)24(34)22(35)7-1-15-11-21(32-14-17(15)12-31)16-2-8-23(33-13-16)25(28,29)30/h2-6,8,11,13-14,20,24H,1,7,9-10H2/t20-,24-/m0/s1. The number of pyridine rings is 2. The quantitative estimate of drug-likeness (QED) is 0.402. The third-order valence-electron chi connectivity index (χ3n) is 6.13. The Morgan fingerprint density at radius 2 is 1.82 bits per heavy atom. The lowest BCUT2D eigenvalue weighted by Gasteiger charge is -2.24. The molecule has 1 aliphatic heterocycles. The molecule has 1 fully saturated rings.